The predicted molar refractivity (Wildman–Crippen MR) is 72.8 cm³/mol. The van der Waals surface area contributed by atoms with Crippen LogP contribution in [0.15, 0.2) is 30.3 Å². The Kier molecular flexibility index (Phi) is 1.84. The lowest BCUT2D eigenvalue weighted by Crippen LogP contribution is -1.82. The maximum atomic E-state index is 6.04. The topological polar surface area (TPSA) is 15.8 Å². The van der Waals surface area contributed by atoms with Crippen molar-refractivity contribution < 1.29 is 0 Å². The molecular weight excluding hydrogens is 230 g/mol. The highest BCUT2D eigenvalue weighted by molar-refractivity contribution is 6.31. The van der Waals surface area contributed by atoms with Crippen LogP contribution in [0, 0.1) is 0 Å². The largest absolute Gasteiger partial charge is 0.354 e. The van der Waals surface area contributed by atoms with Gasteiger partial charge in [0.15, 0.2) is 0 Å². The van der Waals surface area contributed by atoms with Gasteiger partial charge < -0.3 is 4.98 Å². The summed E-state index contributed by atoms with van der Waals surface area (Å²) >= 11 is 6.04. The Hall–Kier alpha value is -1.47. The SMILES string of the molecule is Clc1ccc2c(c1)[nH]c1ccc3c(c12)CCC3. The van der Waals surface area contributed by atoms with E-state index in [1.807, 2.05) is 12.1 Å². The van der Waals surface area contributed by atoms with Crippen LogP contribution in [0.1, 0.15) is 17.5 Å². The Bertz CT molecular complexity index is 739. The third kappa shape index (κ3) is 1.26. The number of nitrogens with one attached hydrogen (secondary N) is 1. The fraction of sp³-hybridized carbons (Fsp3) is 0.200. The lowest BCUT2D eigenvalue weighted by molar-refractivity contribution is 0.913. The summed E-state index contributed by atoms with van der Waals surface area (Å²) in [6.07, 6.45) is 3.72. The zero-order valence-electron chi connectivity index (χ0n) is 9.39. The van der Waals surface area contributed by atoms with Gasteiger partial charge in [0.1, 0.15) is 0 Å². The fourth-order valence-electron chi connectivity index (χ4n) is 3.06. The number of H-pyrrole nitrogens is 1. The van der Waals surface area contributed by atoms with Crippen molar-refractivity contribution in [3.63, 3.8) is 0 Å². The zero-order chi connectivity index (χ0) is 11.4. The second-order valence-corrected chi connectivity index (χ2v) is 5.23. The molecule has 0 bridgehead atoms. The number of hydrogen-bond donors (Lipinski definition) is 1. The molecule has 0 atom stereocenters. The van der Waals surface area contributed by atoms with Crippen molar-refractivity contribution in [1.82, 2.24) is 4.98 Å². The van der Waals surface area contributed by atoms with E-state index >= 15 is 0 Å². The van der Waals surface area contributed by atoms with Crippen LogP contribution in [-0.4, -0.2) is 4.98 Å². The molecule has 2 heteroatoms. The van der Waals surface area contributed by atoms with Crippen molar-refractivity contribution in [3.05, 3.63) is 46.5 Å². The highest BCUT2D eigenvalue weighted by Gasteiger charge is 2.16. The van der Waals surface area contributed by atoms with Gasteiger partial charge in [-0.1, -0.05) is 23.7 Å². The highest BCUT2D eigenvalue weighted by Crippen LogP contribution is 2.35. The molecule has 17 heavy (non-hydrogen) atoms. The third-order valence-corrected chi connectivity index (χ3v) is 4.04. The van der Waals surface area contributed by atoms with E-state index in [2.05, 4.69) is 23.2 Å². The molecule has 0 fully saturated rings. The molecule has 0 radical (unpaired) electrons. The minimum Gasteiger partial charge on any atom is -0.354 e. The Morgan fingerprint density at radius 3 is 2.88 bits per heavy atom. The molecule has 1 aliphatic carbocycles. The van der Waals surface area contributed by atoms with Gasteiger partial charge in [0.05, 0.1) is 0 Å². The minimum absolute atomic E-state index is 0.792. The van der Waals surface area contributed by atoms with Crippen LogP contribution >= 0.6 is 11.6 Å². The van der Waals surface area contributed by atoms with Gasteiger partial charge in [0.2, 0.25) is 0 Å². The van der Waals surface area contributed by atoms with Crippen molar-refractivity contribution in [2.45, 2.75) is 19.3 Å². The predicted octanol–water partition coefficient (Wildman–Crippen LogP) is 4.46. The van der Waals surface area contributed by atoms with Gasteiger partial charge >= 0.3 is 0 Å². The van der Waals surface area contributed by atoms with Gasteiger partial charge in [-0.25, -0.2) is 0 Å². The number of aryl methyl sites for hydroxylation is 2. The van der Waals surface area contributed by atoms with E-state index < -0.39 is 0 Å². The average Bonchev–Trinajstić information content (AvgIpc) is 2.89. The van der Waals surface area contributed by atoms with E-state index in [9.17, 15) is 0 Å². The summed E-state index contributed by atoms with van der Waals surface area (Å²) in [5.74, 6) is 0. The van der Waals surface area contributed by atoms with Gasteiger partial charge in [0.25, 0.3) is 0 Å². The molecule has 0 amide bonds. The van der Waals surface area contributed by atoms with E-state index in [0.29, 0.717) is 0 Å². The summed E-state index contributed by atoms with van der Waals surface area (Å²) in [5, 5.41) is 3.51. The summed E-state index contributed by atoms with van der Waals surface area (Å²) in [5.41, 5.74) is 5.44. The van der Waals surface area contributed by atoms with Gasteiger partial charge in [-0.05, 0) is 48.6 Å². The van der Waals surface area contributed by atoms with Crippen LogP contribution < -0.4 is 0 Å². The van der Waals surface area contributed by atoms with Crippen molar-refractivity contribution in [2.24, 2.45) is 0 Å². The summed E-state index contributed by atoms with van der Waals surface area (Å²) in [4.78, 5) is 3.46. The number of benzene rings is 2. The molecular formula is C15H12ClN. The van der Waals surface area contributed by atoms with Crippen LogP contribution in [0.5, 0.6) is 0 Å². The molecule has 3 aromatic rings. The van der Waals surface area contributed by atoms with Gasteiger partial charge in [-0.2, -0.15) is 0 Å². The number of hydrogen-bond acceptors (Lipinski definition) is 0. The van der Waals surface area contributed by atoms with Crippen molar-refractivity contribution >= 4 is 33.4 Å². The first-order valence-corrected chi connectivity index (χ1v) is 6.42. The molecule has 84 valence electrons. The Balaban J connectivity index is 2.23. The number of fused-ring (bicyclic) bond motifs is 5. The fourth-order valence-corrected chi connectivity index (χ4v) is 3.23. The molecule has 0 saturated carbocycles. The van der Waals surface area contributed by atoms with Gasteiger partial charge in [-0.15, -0.1) is 0 Å². The molecule has 0 spiro atoms. The molecule has 0 aliphatic heterocycles. The van der Waals surface area contributed by atoms with E-state index in [1.54, 1.807) is 0 Å². The molecule has 2 aromatic carbocycles. The highest BCUT2D eigenvalue weighted by atomic mass is 35.5. The molecule has 0 saturated heterocycles. The quantitative estimate of drug-likeness (QED) is 0.598. The van der Waals surface area contributed by atoms with Crippen LogP contribution in [-0.2, 0) is 12.8 Å². The number of aromatic nitrogens is 1. The third-order valence-electron chi connectivity index (χ3n) is 3.80. The van der Waals surface area contributed by atoms with Crippen molar-refractivity contribution in [2.75, 3.05) is 0 Å². The van der Waals surface area contributed by atoms with Gasteiger partial charge in [-0.3, -0.25) is 0 Å². The monoisotopic (exact) mass is 241 g/mol. The molecule has 1 N–H and O–H groups in total. The van der Waals surface area contributed by atoms with Crippen LogP contribution in [0.2, 0.25) is 5.02 Å². The first-order valence-electron chi connectivity index (χ1n) is 6.04. The van der Waals surface area contributed by atoms with Crippen LogP contribution in [0.3, 0.4) is 0 Å². The Morgan fingerprint density at radius 2 is 1.94 bits per heavy atom. The van der Waals surface area contributed by atoms with E-state index in [0.717, 1.165) is 10.5 Å². The van der Waals surface area contributed by atoms with Crippen LogP contribution in [0.4, 0.5) is 0 Å². The maximum absolute atomic E-state index is 6.04. The Morgan fingerprint density at radius 1 is 1.00 bits per heavy atom. The molecule has 4 rings (SSSR count). The molecule has 1 heterocycles. The molecule has 1 aliphatic rings. The number of rotatable bonds is 0. The summed E-state index contributed by atoms with van der Waals surface area (Å²) in [6, 6.07) is 10.6. The van der Waals surface area contributed by atoms with Gasteiger partial charge in [0, 0.05) is 26.8 Å². The second-order valence-electron chi connectivity index (χ2n) is 4.79. The average molecular weight is 242 g/mol. The van der Waals surface area contributed by atoms with Crippen LogP contribution in [0.25, 0.3) is 21.8 Å². The van der Waals surface area contributed by atoms with Crippen molar-refractivity contribution in [3.8, 4) is 0 Å². The number of aromatic amines is 1. The molecule has 1 nitrogen and oxygen atoms in total. The number of halogens is 1. The lowest BCUT2D eigenvalue weighted by Gasteiger charge is -2.01. The zero-order valence-corrected chi connectivity index (χ0v) is 10.1. The van der Waals surface area contributed by atoms with E-state index in [4.69, 9.17) is 11.6 Å². The molecule has 1 aromatic heterocycles. The van der Waals surface area contributed by atoms with Crippen molar-refractivity contribution in [1.29, 1.82) is 0 Å². The standard InChI is InChI=1S/C15H12ClN/c16-10-5-6-12-14(8-10)17-13-7-4-9-2-1-3-11(9)15(12)13/h4-8,17H,1-3H2. The van der Waals surface area contributed by atoms with E-state index in [-0.39, 0.29) is 0 Å². The smallest absolute Gasteiger partial charge is 0.0479 e. The summed E-state index contributed by atoms with van der Waals surface area (Å²) < 4.78 is 0. The first kappa shape index (κ1) is 9.55. The summed E-state index contributed by atoms with van der Waals surface area (Å²) in [7, 11) is 0. The maximum Gasteiger partial charge on any atom is 0.0479 e. The minimum atomic E-state index is 0.792. The van der Waals surface area contributed by atoms with E-state index in [1.165, 1.54) is 46.7 Å². The summed E-state index contributed by atoms with van der Waals surface area (Å²) in [6.45, 7) is 0. The normalized spacial score (nSPS) is 14.6. The first-order chi connectivity index (χ1) is 8.33. The second kappa shape index (κ2) is 3.27. The molecule has 0 unspecified atom stereocenters. The lowest BCUT2D eigenvalue weighted by atomic mass is 10.0. The Labute approximate surface area is 104 Å².